The van der Waals surface area contributed by atoms with Gasteiger partial charge in [-0.05, 0) is 6.92 Å². The van der Waals surface area contributed by atoms with E-state index in [1.807, 2.05) is 0 Å². The van der Waals surface area contributed by atoms with Crippen molar-refractivity contribution < 1.29 is 9.90 Å². The first kappa shape index (κ1) is 6.59. The van der Waals surface area contributed by atoms with Gasteiger partial charge in [0.2, 0.25) is 6.29 Å². The lowest BCUT2D eigenvalue weighted by Crippen LogP contribution is -2.33. The topological polar surface area (TPSA) is 63.3 Å². The Bertz CT molecular complexity index is 62.7. The van der Waals surface area contributed by atoms with Gasteiger partial charge in [0.15, 0.2) is 0 Å². The summed E-state index contributed by atoms with van der Waals surface area (Å²) in [5.74, 6) is 0. The average molecular weight is 102 g/mol. The van der Waals surface area contributed by atoms with E-state index in [9.17, 15) is 4.79 Å². The van der Waals surface area contributed by atoms with Crippen molar-refractivity contribution in [2.45, 2.75) is 19.1 Å². The molecule has 0 aromatic rings. The van der Waals surface area contributed by atoms with Gasteiger partial charge in [-0.2, -0.15) is 0 Å². The van der Waals surface area contributed by atoms with Gasteiger partial charge in [0, 0.05) is 0 Å². The summed E-state index contributed by atoms with van der Waals surface area (Å²) in [5, 5.41) is 8.43. The molecule has 0 saturated heterocycles. The van der Waals surface area contributed by atoms with Gasteiger partial charge in [-0.3, -0.25) is 4.79 Å². The molecule has 0 saturated carbocycles. The number of nitrogens with two attached hydrogens (primary N) is 1. The fourth-order valence-corrected chi connectivity index (χ4v) is 0.0985. The third-order valence-corrected chi connectivity index (χ3v) is 0.656. The molecule has 0 aliphatic carbocycles. The fourth-order valence-electron chi connectivity index (χ4n) is 0.0985. The van der Waals surface area contributed by atoms with Crippen molar-refractivity contribution in [2.24, 2.45) is 5.73 Å². The lowest BCUT2D eigenvalue weighted by molar-refractivity contribution is 0.184. The third-order valence-electron chi connectivity index (χ3n) is 0.656. The normalized spacial score (nSPS) is 18.1. The molecule has 0 aromatic heterocycles. The van der Waals surface area contributed by atoms with Gasteiger partial charge in [0.05, 0.1) is 12.1 Å². The molecule has 0 aliphatic heterocycles. The molecule has 7 heavy (non-hydrogen) atoms. The van der Waals surface area contributed by atoms with E-state index in [0.29, 0.717) is 0 Å². The number of rotatable bonds is 2. The molecule has 2 atom stereocenters. The highest BCUT2D eigenvalue weighted by atomic mass is 16.3. The second-order valence-corrected chi connectivity index (χ2v) is 1.38. The van der Waals surface area contributed by atoms with Crippen LogP contribution in [-0.4, -0.2) is 23.5 Å². The highest BCUT2D eigenvalue weighted by Crippen LogP contribution is 1.80. The van der Waals surface area contributed by atoms with Crippen molar-refractivity contribution in [2.75, 3.05) is 0 Å². The maximum absolute atomic E-state index is 9.54. The van der Waals surface area contributed by atoms with Crippen LogP contribution in [0.4, 0.5) is 0 Å². The largest absolute Gasteiger partial charge is 0.391 e. The van der Waals surface area contributed by atoms with E-state index >= 15 is 0 Å². The molecule has 0 rings (SSSR count). The predicted molar refractivity (Wildman–Crippen MR) is 25.3 cm³/mol. The molecule has 0 aliphatic rings. The van der Waals surface area contributed by atoms with Gasteiger partial charge in [-0.15, -0.1) is 0 Å². The Hall–Kier alpha value is -0.410. The first-order valence-corrected chi connectivity index (χ1v) is 2.00. The minimum Gasteiger partial charge on any atom is -0.391 e. The molecule has 0 heterocycles. The number of carbonyl (C=O) groups excluding carboxylic acids is 1. The Morgan fingerprint density at radius 3 is 2.29 bits per heavy atom. The standard InChI is InChI=1S/C4H8NO2/c1-3(7)4(5)2-6/h3-4,7H,5H2,1H3/t3?,4-/m1/s1. The maximum Gasteiger partial charge on any atom is 0.219 e. The van der Waals surface area contributed by atoms with Crippen LogP contribution in [0.5, 0.6) is 0 Å². The summed E-state index contributed by atoms with van der Waals surface area (Å²) in [5.41, 5.74) is 4.94. The number of hydrogen-bond donors (Lipinski definition) is 2. The van der Waals surface area contributed by atoms with Crippen LogP contribution in [0.3, 0.4) is 0 Å². The number of aliphatic hydroxyl groups excluding tert-OH is 1. The Labute approximate surface area is 42.1 Å². The second kappa shape index (κ2) is 2.71. The Kier molecular flexibility index (Phi) is 2.55. The van der Waals surface area contributed by atoms with Crippen LogP contribution in [0, 0.1) is 0 Å². The van der Waals surface area contributed by atoms with Crippen LogP contribution in [0.1, 0.15) is 6.92 Å². The fraction of sp³-hybridized carbons (Fsp3) is 0.750. The lowest BCUT2D eigenvalue weighted by Gasteiger charge is -2.02. The number of hydrogen-bond acceptors (Lipinski definition) is 3. The summed E-state index contributed by atoms with van der Waals surface area (Å²) in [6.07, 6.45) is 0.662. The minimum atomic E-state index is -0.847. The van der Waals surface area contributed by atoms with Crippen LogP contribution in [0.2, 0.25) is 0 Å². The molecule has 3 heteroatoms. The summed E-state index contributed by atoms with van der Waals surface area (Å²) < 4.78 is 0. The first-order valence-electron chi connectivity index (χ1n) is 2.00. The predicted octanol–water partition coefficient (Wildman–Crippen LogP) is -1.20. The van der Waals surface area contributed by atoms with E-state index in [0.717, 1.165) is 0 Å². The van der Waals surface area contributed by atoms with Gasteiger partial charge < -0.3 is 10.8 Å². The molecule has 1 unspecified atom stereocenters. The van der Waals surface area contributed by atoms with Crippen molar-refractivity contribution in [1.29, 1.82) is 0 Å². The zero-order chi connectivity index (χ0) is 5.86. The van der Waals surface area contributed by atoms with Gasteiger partial charge in [-0.1, -0.05) is 0 Å². The van der Waals surface area contributed by atoms with Crippen molar-refractivity contribution in [3.8, 4) is 0 Å². The summed E-state index contributed by atoms with van der Waals surface area (Å²) in [4.78, 5) is 9.54. The Morgan fingerprint density at radius 1 is 1.86 bits per heavy atom. The van der Waals surface area contributed by atoms with E-state index in [-0.39, 0.29) is 0 Å². The Morgan fingerprint density at radius 2 is 2.29 bits per heavy atom. The molecule has 0 bridgehead atoms. The van der Waals surface area contributed by atoms with E-state index in [4.69, 9.17) is 10.8 Å². The van der Waals surface area contributed by atoms with E-state index < -0.39 is 12.1 Å². The zero-order valence-corrected chi connectivity index (χ0v) is 4.09. The zero-order valence-electron chi connectivity index (χ0n) is 4.09. The monoisotopic (exact) mass is 102 g/mol. The van der Waals surface area contributed by atoms with Gasteiger partial charge in [0.1, 0.15) is 0 Å². The summed E-state index contributed by atoms with van der Waals surface area (Å²) in [6.45, 7) is 1.44. The maximum atomic E-state index is 9.54. The van der Waals surface area contributed by atoms with Crippen molar-refractivity contribution in [1.82, 2.24) is 0 Å². The average Bonchev–Trinajstić information content (AvgIpc) is 1.65. The summed E-state index contributed by atoms with van der Waals surface area (Å²) >= 11 is 0. The van der Waals surface area contributed by atoms with Crippen molar-refractivity contribution >= 4 is 6.29 Å². The number of aliphatic hydroxyl groups is 1. The second-order valence-electron chi connectivity index (χ2n) is 1.38. The van der Waals surface area contributed by atoms with E-state index in [1.165, 1.54) is 13.2 Å². The minimum absolute atomic E-state index is 0.780. The van der Waals surface area contributed by atoms with Crippen LogP contribution >= 0.6 is 0 Å². The first-order chi connectivity index (χ1) is 3.18. The highest BCUT2D eigenvalue weighted by molar-refractivity contribution is 5.58. The molecule has 0 aromatic carbocycles. The lowest BCUT2D eigenvalue weighted by atomic mass is 10.2. The molecule has 3 nitrogen and oxygen atoms in total. The molecule has 41 valence electrons. The Balaban J connectivity index is 3.33. The smallest absolute Gasteiger partial charge is 0.219 e. The van der Waals surface area contributed by atoms with Gasteiger partial charge in [-0.25, -0.2) is 0 Å². The summed E-state index contributed by atoms with van der Waals surface area (Å²) in [7, 11) is 0. The molecule has 0 spiro atoms. The molecule has 3 N–H and O–H groups in total. The molecular weight excluding hydrogens is 94.0 g/mol. The van der Waals surface area contributed by atoms with Crippen molar-refractivity contribution in [3.63, 3.8) is 0 Å². The van der Waals surface area contributed by atoms with Crippen LogP contribution in [0.25, 0.3) is 0 Å². The molecule has 0 fully saturated rings. The van der Waals surface area contributed by atoms with Crippen LogP contribution in [0.15, 0.2) is 0 Å². The van der Waals surface area contributed by atoms with Crippen LogP contribution in [-0.2, 0) is 4.79 Å². The molecular formula is C4H8NO2. The van der Waals surface area contributed by atoms with Gasteiger partial charge >= 0.3 is 0 Å². The van der Waals surface area contributed by atoms with E-state index in [1.54, 1.807) is 0 Å². The van der Waals surface area contributed by atoms with Crippen molar-refractivity contribution in [3.05, 3.63) is 0 Å². The molecule has 1 radical (unpaired) electrons. The van der Waals surface area contributed by atoms with E-state index in [2.05, 4.69) is 0 Å². The highest BCUT2D eigenvalue weighted by Gasteiger charge is 2.06. The van der Waals surface area contributed by atoms with Crippen LogP contribution < -0.4 is 5.73 Å². The third kappa shape index (κ3) is 2.31. The van der Waals surface area contributed by atoms with Gasteiger partial charge in [0.25, 0.3) is 0 Å². The molecule has 0 amide bonds. The summed E-state index contributed by atoms with van der Waals surface area (Å²) in [6, 6.07) is -0.847. The quantitative estimate of drug-likeness (QED) is 0.460. The SMILES string of the molecule is CC(O)[C@H](N)[C]=O.